The highest BCUT2D eigenvalue weighted by molar-refractivity contribution is 7.80. The van der Waals surface area contributed by atoms with Gasteiger partial charge >= 0.3 is 0 Å². The largest absolute Gasteiger partial charge is 0.355 e. The highest BCUT2D eigenvalue weighted by atomic mass is 32.1. The van der Waals surface area contributed by atoms with Crippen LogP contribution in [0.4, 0.5) is 0 Å². The molecular formula is C9H20N4S2. The zero-order chi connectivity index (χ0) is 12.2. The Bertz CT molecular complexity index is 216. The maximum atomic E-state index is 5.24. The summed E-state index contributed by atoms with van der Waals surface area (Å²) in [5.41, 5.74) is 0. The van der Waals surface area contributed by atoms with Gasteiger partial charge in [-0.3, -0.25) is 0 Å². The highest BCUT2D eigenvalue weighted by Crippen LogP contribution is 1.97. The molecule has 0 aromatic rings. The maximum Gasteiger partial charge on any atom is 0.172 e. The summed E-state index contributed by atoms with van der Waals surface area (Å²) in [6.45, 7) is 0.689. The van der Waals surface area contributed by atoms with E-state index in [1.165, 1.54) is 0 Å². The van der Waals surface area contributed by atoms with Crippen molar-refractivity contribution in [2.45, 2.75) is 0 Å². The fraction of sp³-hybridized carbons (Fsp3) is 0.778. The van der Waals surface area contributed by atoms with Gasteiger partial charge in [0.15, 0.2) is 10.2 Å². The Hall–Kier alpha value is -0.620. The van der Waals surface area contributed by atoms with E-state index in [0.29, 0.717) is 6.67 Å². The molecule has 0 aromatic heterocycles. The van der Waals surface area contributed by atoms with Crippen molar-refractivity contribution < 1.29 is 0 Å². The SMILES string of the molecule is CN(C)C(=S)N(C)CN(C)C(=S)N(C)C. The second kappa shape index (κ2) is 6.07. The van der Waals surface area contributed by atoms with E-state index < -0.39 is 0 Å². The van der Waals surface area contributed by atoms with Crippen molar-refractivity contribution in [3.05, 3.63) is 0 Å². The van der Waals surface area contributed by atoms with Crippen LogP contribution < -0.4 is 0 Å². The summed E-state index contributed by atoms with van der Waals surface area (Å²) < 4.78 is 0. The van der Waals surface area contributed by atoms with Gasteiger partial charge in [-0.2, -0.15) is 0 Å². The molecule has 0 saturated carbocycles. The van der Waals surface area contributed by atoms with Gasteiger partial charge in [0.1, 0.15) is 0 Å². The number of nitrogens with zero attached hydrogens (tertiary/aromatic N) is 4. The van der Waals surface area contributed by atoms with Crippen LogP contribution in [0.2, 0.25) is 0 Å². The lowest BCUT2D eigenvalue weighted by Gasteiger charge is -2.32. The van der Waals surface area contributed by atoms with Crippen LogP contribution in [0.3, 0.4) is 0 Å². The molecule has 15 heavy (non-hydrogen) atoms. The van der Waals surface area contributed by atoms with Crippen molar-refractivity contribution in [3.8, 4) is 0 Å². The molecule has 0 fully saturated rings. The third-order valence-corrected chi connectivity index (χ3v) is 3.20. The average Bonchev–Trinajstić information content (AvgIpc) is 2.14. The summed E-state index contributed by atoms with van der Waals surface area (Å²) in [4.78, 5) is 7.76. The minimum atomic E-state index is 0.689. The Kier molecular flexibility index (Phi) is 5.82. The molecule has 0 aromatic carbocycles. The summed E-state index contributed by atoms with van der Waals surface area (Å²) >= 11 is 10.5. The van der Waals surface area contributed by atoms with E-state index in [9.17, 15) is 0 Å². The molecule has 0 spiro atoms. The van der Waals surface area contributed by atoms with Crippen LogP contribution in [-0.4, -0.2) is 78.8 Å². The standard InChI is InChI=1S/C9H20N4S2/c1-10(2)8(14)12(5)7-13(6)9(15)11(3)4/h7H2,1-6H3. The molecule has 0 bridgehead atoms. The predicted octanol–water partition coefficient (Wildman–Crippen LogP) is 0.500. The number of thiocarbonyl (C=S) groups is 2. The molecule has 4 nitrogen and oxygen atoms in total. The second-order valence-corrected chi connectivity index (χ2v) is 4.62. The summed E-state index contributed by atoms with van der Waals surface area (Å²) in [5, 5.41) is 1.59. The lowest BCUT2D eigenvalue weighted by atomic mass is 10.6. The summed E-state index contributed by atoms with van der Waals surface area (Å²) in [7, 11) is 11.6. The third kappa shape index (κ3) is 4.61. The van der Waals surface area contributed by atoms with Crippen molar-refractivity contribution in [2.75, 3.05) is 49.0 Å². The fourth-order valence-corrected chi connectivity index (χ4v) is 1.24. The molecule has 0 N–H and O–H groups in total. The highest BCUT2D eigenvalue weighted by Gasteiger charge is 2.11. The van der Waals surface area contributed by atoms with Gasteiger partial charge in [-0.1, -0.05) is 0 Å². The molecule has 0 amide bonds. The molecule has 0 saturated heterocycles. The van der Waals surface area contributed by atoms with Crippen molar-refractivity contribution >= 4 is 34.7 Å². The Morgan fingerprint density at radius 2 is 1.00 bits per heavy atom. The van der Waals surface area contributed by atoms with Crippen LogP contribution in [0.15, 0.2) is 0 Å². The van der Waals surface area contributed by atoms with Crippen LogP contribution >= 0.6 is 24.4 Å². The lowest BCUT2D eigenvalue weighted by molar-refractivity contribution is 0.306. The quantitative estimate of drug-likeness (QED) is 0.518. The summed E-state index contributed by atoms with van der Waals surface area (Å²) in [5.74, 6) is 0. The van der Waals surface area contributed by atoms with Crippen LogP contribution in [-0.2, 0) is 0 Å². The van der Waals surface area contributed by atoms with Gasteiger partial charge in [-0.25, -0.2) is 0 Å². The topological polar surface area (TPSA) is 13.0 Å². The van der Waals surface area contributed by atoms with Gasteiger partial charge in [0, 0.05) is 42.3 Å². The zero-order valence-electron chi connectivity index (χ0n) is 10.3. The molecular weight excluding hydrogens is 228 g/mol. The molecule has 0 aliphatic heterocycles. The van der Waals surface area contributed by atoms with E-state index in [0.717, 1.165) is 10.2 Å². The van der Waals surface area contributed by atoms with Crippen molar-refractivity contribution in [1.29, 1.82) is 0 Å². The molecule has 0 atom stereocenters. The first-order chi connectivity index (χ1) is 6.77. The summed E-state index contributed by atoms with van der Waals surface area (Å²) in [6, 6.07) is 0. The molecule has 6 heteroatoms. The Balaban J connectivity index is 4.24. The Labute approximate surface area is 103 Å². The molecule has 0 aliphatic carbocycles. The maximum absolute atomic E-state index is 5.24. The number of hydrogen-bond acceptors (Lipinski definition) is 2. The van der Waals surface area contributed by atoms with E-state index >= 15 is 0 Å². The predicted molar refractivity (Wildman–Crippen MR) is 73.0 cm³/mol. The van der Waals surface area contributed by atoms with Gasteiger partial charge in [0.05, 0.1) is 6.67 Å². The van der Waals surface area contributed by atoms with Gasteiger partial charge in [-0.05, 0) is 24.4 Å². The molecule has 0 heterocycles. The van der Waals surface area contributed by atoms with Crippen LogP contribution in [0.5, 0.6) is 0 Å². The Morgan fingerprint density at radius 1 is 0.733 bits per heavy atom. The average molecular weight is 248 g/mol. The van der Waals surface area contributed by atoms with E-state index in [1.807, 2.05) is 61.9 Å². The second-order valence-electron chi connectivity index (χ2n) is 3.89. The summed E-state index contributed by atoms with van der Waals surface area (Å²) in [6.07, 6.45) is 0. The Morgan fingerprint density at radius 3 is 1.20 bits per heavy atom. The van der Waals surface area contributed by atoms with E-state index in [-0.39, 0.29) is 0 Å². The molecule has 0 aliphatic rings. The van der Waals surface area contributed by atoms with E-state index in [1.54, 1.807) is 0 Å². The van der Waals surface area contributed by atoms with Crippen molar-refractivity contribution in [1.82, 2.24) is 19.6 Å². The van der Waals surface area contributed by atoms with Gasteiger partial charge in [-0.15, -0.1) is 0 Å². The lowest BCUT2D eigenvalue weighted by Crippen LogP contribution is -2.46. The third-order valence-electron chi connectivity index (χ3n) is 1.84. The normalized spacial score (nSPS) is 9.47. The molecule has 0 radical (unpaired) electrons. The minimum absolute atomic E-state index is 0.689. The van der Waals surface area contributed by atoms with Crippen molar-refractivity contribution in [3.63, 3.8) is 0 Å². The molecule has 88 valence electrons. The van der Waals surface area contributed by atoms with E-state index in [2.05, 4.69) is 0 Å². The first kappa shape index (κ1) is 14.4. The van der Waals surface area contributed by atoms with Gasteiger partial charge < -0.3 is 19.6 Å². The first-order valence-electron chi connectivity index (χ1n) is 4.62. The van der Waals surface area contributed by atoms with Crippen LogP contribution in [0, 0.1) is 0 Å². The first-order valence-corrected chi connectivity index (χ1v) is 5.43. The van der Waals surface area contributed by atoms with Crippen LogP contribution in [0.25, 0.3) is 0 Å². The fourth-order valence-electron chi connectivity index (χ4n) is 1.12. The van der Waals surface area contributed by atoms with Gasteiger partial charge in [0.25, 0.3) is 0 Å². The molecule has 0 unspecified atom stereocenters. The van der Waals surface area contributed by atoms with Gasteiger partial charge in [0.2, 0.25) is 0 Å². The monoisotopic (exact) mass is 248 g/mol. The smallest absolute Gasteiger partial charge is 0.172 e. The zero-order valence-corrected chi connectivity index (χ0v) is 11.9. The number of hydrogen-bond donors (Lipinski definition) is 0. The minimum Gasteiger partial charge on any atom is -0.355 e. The number of rotatable bonds is 2. The van der Waals surface area contributed by atoms with Crippen LogP contribution in [0.1, 0.15) is 0 Å². The molecule has 0 rings (SSSR count). The van der Waals surface area contributed by atoms with E-state index in [4.69, 9.17) is 24.4 Å². The van der Waals surface area contributed by atoms with Crippen molar-refractivity contribution in [2.24, 2.45) is 0 Å².